The van der Waals surface area contributed by atoms with Gasteiger partial charge in [-0.3, -0.25) is 0 Å². The minimum atomic E-state index is -1.51. The molecule has 0 aliphatic carbocycles. The highest BCUT2D eigenvalue weighted by Crippen LogP contribution is 2.37. The first-order valence-electron chi connectivity index (χ1n) is 8.09. The standard InChI is InChI=1S/C20H28Si2/c1-6-21(2,3)20(19-15-11-8-12-16-19)22(4,5)17-18-13-9-7-10-14-18/h6-16,20H,1,17H2,2-5H3. The highest BCUT2D eigenvalue weighted by Gasteiger charge is 2.42. The molecule has 0 amide bonds. The van der Waals surface area contributed by atoms with Crippen LogP contribution in [0.1, 0.15) is 16.3 Å². The molecule has 0 bridgehead atoms. The Balaban J connectivity index is 2.42. The largest absolute Gasteiger partial charge is 0.107 e. The normalized spacial score (nSPS) is 13.6. The number of hydrogen-bond acceptors (Lipinski definition) is 0. The molecular weight excluding hydrogens is 296 g/mol. The van der Waals surface area contributed by atoms with Crippen LogP contribution in [0.15, 0.2) is 72.9 Å². The van der Waals surface area contributed by atoms with Crippen LogP contribution in [0, 0.1) is 0 Å². The van der Waals surface area contributed by atoms with Crippen LogP contribution in [0.3, 0.4) is 0 Å². The molecule has 0 saturated carbocycles. The van der Waals surface area contributed by atoms with Crippen LogP contribution in [0.25, 0.3) is 0 Å². The number of benzene rings is 2. The summed E-state index contributed by atoms with van der Waals surface area (Å²) in [5.74, 6) is 0. The second-order valence-corrected chi connectivity index (χ2v) is 17.6. The van der Waals surface area contributed by atoms with Crippen LogP contribution in [-0.2, 0) is 6.04 Å². The summed E-state index contributed by atoms with van der Waals surface area (Å²) in [6, 6.07) is 23.3. The number of hydrogen-bond donors (Lipinski definition) is 0. The van der Waals surface area contributed by atoms with Gasteiger partial charge in [0.2, 0.25) is 0 Å². The monoisotopic (exact) mass is 324 g/mol. The van der Waals surface area contributed by atoms with Gasteiger partial charge in [-0.25, -0.2) is 0 Å². The van der Waals surface area contributed by atoms with Crippen molar-refractivity contribution in [2.75, 3.05) is 0 Å². The first kappa shape index (κ1) is 17.0. The summed E-state index contributed by atoms with van der Waals surface area (Å²) in [5, 5.41) is 0.693. The first-order valence-corrected chi connectivity index (χ1v) is 14.5. The van der Waals surface area contributed by atoms with Gasteiger partial charge in [-0.2, -0.15) is 0 Å². The molecule has 0 aliphatic heterocycles. The molecule has 1 unspecified atom stereocenters. The average Bonchev–Trinajstić information content (AvgIpc) is 2.48. The molecule has 2 rings (SSSR count). The fourth-order valence-electron chi connectivity index (χ4n) is 3.88. The maximum atomic E-state index is 4.18. The molecule has 0 radical (unpaired) electrons. The topological polar surface area (TPSA) is 0 Å². The molecule has 0 spiro atoms. The van der Waals surface area contributed by atoms with Gasteiger partial charge < -0.3 is 0 Å². The molecule has 0 aliphatic rings. The van der Waals surface area contributed by atoms with E-state index in [9.17, 15) is 0 Å². The minimum absolute atomic E-state index is 0.693. The van der Waals surface area contributed by atoms with Crippen LogP contribution in [0.5, 0.6) is 0 Å². The van der Waals surface area contributed by atoms with E-state index in [1.54, 1.807) is 0 Å². The second kappa shape index (κ2) is 6.80. The molecule has 2 aromatic carbocycles. The van der Waals surface area contributed by atoms with E-state index in [2.05, 4.69) is 99.1 Å². The summed E-state index contributed by atoms with van der Waals surface area (Å²) in [6.45, 7) is 14.2. The summed E-state index contributed by atoms with van der Waals surface area (Å²) < 4.78 is 0. The Hall–Kier alpha value is -1.39. The maximum Gasteiger partial charge on any atom is 0.0757 e. The van der Waals surface area contributed by atoms with E-state index in [0.29, 0.717) is 5.16 Å². The fourth-order valence-corrected chi connectivity index (χ4v) is 16.5. The van der Waals surface area contributed by atoms with Crippen LogP contribution in [-0.4, -0.2) is 16.1 Å². The van der Waals surface area contributed by atoms with Crippen LogP contribution < -0.4 is 0 Å². The lowest BCUT2D eigenvalue weighted by molar-refractivity contribution is 1.13. The van der Waals surface area contributed by atoms with Crippen molar-refractivity contribution in [3.63, 3.8) is 0 Å². The Kier molecular flexibility index (Phi) is 5.25. The van der Waals surface area contributed by atoms with Gasteiger partial charge in [0.1, 0.15) is 0 Å². The Morgan fingerprint density at radius 3 is 1.86 bits per heavy atom. The molecule has 116 valence electrons. The van der Waals surface area contributed by atoms with Crippen LogP contribution >= 0.6 is 0 Å². The van der Waals surface area contributed by atoms with E-state index in [-0.39, 0.29) is 0 Å². The third-order valence-corrected chi connectivity index (χ3v) is 15.4. The van der Waals surface area contributed by atoms with E-state index < -0.39 is 16.1 Å². The molecule has 0 aromatic heterocycles. The smallest absolute Gasteiger partial charge is 0.0757 e. The molecule has 0 N–H and O–H groups in total. The Labute approximate surface area is 137 Å². The van der Waals surface area contributed by atoms with Crippen molar-refractivity contribution in [1.82, 2.24) is 0 Å². The molecule has 0 saturated heterocycles. The van der Waals surface area contributed by atoms with Gasteiger partial charge in [0.05, 0.1) is 16.1 Å². The second-order valence-electron chi connectivity index (χ2n) is 7.52. The zero-order valence-electron chi connectivity index (χ0n) is 14.3. The van der Waals surface area contributed by atoms with Crippen molar-refractivity contribution in [1.29, 1.82) is 0 Å². The summed E-state index contributed by atoms with van der Waals surface area (Å²) in [7, 11) is -2.99. The van der Waals surface area contributed by atoms with E-state index in [0.717, 1.165) is 0 Å². The predicted octanol–water partition coefficient (Wildman–Crippen LogP) is 5.77. The van der Waals surface area contributed by atoms with Crippen molar-refractivity contribution in [2.45, 2.75) is 37.4 Å². The highest BCUT2D eigenvalue weighted by atomic mass is 28.4. The molecule has 22 heavy (non-hydrogen) atoms. The van der Waals surface area contributed by atoms with E-state index in [1.807, 2.05) is 0 Å². The molecular formula is C20H28Si2. The van der Waals surface area contributed by atoms with Gasteiger partial charge in [-0.15, -0.1) is 12.3 Å². The van der Waals surface area contributed by atoms with Crippen LogP contribution in [0.2, 0.25) is 26.2 Å². The zero-order chi connectivity index (χ0) is 16.2. The molecule has 0 fully saturated rings. The Morgan fingerprint density at radius 1 is 0.864 bits per heavy atom. The Morgan fingerprint density at radius 2 is 1.36 bits per heavy atom. The van der Waals surface area contributed by atoms with Gasteiger partial charge in [0.25, 0.3) is 0 Å². The van der Waals surface area contributed by atoms with Crippen molar-refractivity contribution in [3.8, 4) is 0 Å². The Bertz CT molecular complexity index is 600. The SMILES string of the molecule is C=C[Si](C)(C)C(c1ccccc1)[Si](C)(C)Cc1ccccc1. The molecule has 0 heterocycles. The fraction of sp³-hybridized carbons (Fsp3) is 0.300. The summed E-state index contributed by atoms with van der Waals surface area (Å²) in [5.41, 5.74) is 5.28. The minimum Gasteiger partial charge on any atom is -0.107 e. The summed E-state index contributed by atoms with van der Waals surface area (Å²) >= 11 is 0. The average molecular weight is 325 g/mol. The van der Waals surface area contributed by atoms with E-state index >= 15 is 0 Å². The van der Waals surface area contributed by atoms with E-state index in [1.165, 1.54) is 17.2 Å². The molecule has 2 heteroatoms. The maximum absolute atomic E-state index is 4.18. The zero-order valence-corrected chi connectivity index (χ0v) is 16.3. The predicted molar refractivity (Wildman–Crippen MR) is 104 cm³/mol. The van der Waals surface area contributed by atoms with E-state index in [4.69, 9.17) is 0 Å². The van der Waals surface area contributed by atoms with Crippen molar-refractivity contribution in [2.24, 2.45) is 0 Å². The molecule has 1 atom stereocenters. The van der Waals surface area contributed by atoms with Gasteiger partial charge >= 0.3 is 0 Å². The van der Waals surface area contributed by atoms with Crippen LogP contribution in [0.4, 0.5) is 0 Å². The lowest BCUT2D eigenvalue weighted by Gasteiger charge is -2.41. The molecule has 0 nitrogen and oxygen atoms in total. The first-order chi connectivity index (χ1) is 10.4. The quantitative estimate of drug-likeness (QED) is 0.591. The van der Waals surface area contributed by atoms with Gasteiger partial charge in [0.15, 0.2) is 0 Å². The van der Waals surface area contributed by atoms with Crippen molar-refractivity contribution in [3.05, 3.63) is 84.1 Å². The third kappa shape index (κ3) is 3.87. The van der Waals surface area contributed by atoms with Gasteiger partial charge in [-0.1, -0.05) is 92.4 Å². The summed E-state index contributed by atoms with van der Waals surface area (Å²) in [6.07, 6.45) is 0. The number of rotatable bonds is 6. The third-order valence-electron chi connectivity index (χ3n) is 4.69. The highest BCUT2D eigenvalue weighted by molar-refractivity contribution is 6.99. The van der Waals surface area contributed by atoms with Crippen molar-refractivity contribution < 1.29 is 0 Å². The lowest BCUT2D eigenvalue weighted by Crippen LogP contribution is -2.51. The van der Waals surface area contributed by atoms with Gasteiger partial charge in [0, 0.05) is 0 Å². The van der Waals surface area contributed by atoms with Gasteiger partial charge in [-0.05, 0) is 16.8 Å². The van der Waals surface area contributed by atoms with Crippen molar-refractivity contribution >= 4 is 16.1 Å². The molecule has 2 aromatic rings. The lowest BCUT2D eigenvalue weighted by atomic mass is 10.2. The summed E-state index contributed by atoms with van der Waals surface area (Å²) in [4.78, 5) is 0.